The monoisotopic (exact) mass is 255 g/mol. The first-order valence-electron chi connectivity index (χ1n) is 5.78. The molecule has 0 aliphatic heterocycles. The topological polar surface area (TPSA) is 41.8 Å². The first kappa shape index (κ1) is 14.0. The van der Waals surface area contributed by atoms with Crippen molar-refractivity contribution >= 4 is 16.8 Å². The molecule has 17 heavy (non-hydrogen) atoms. The Balaban J connectivity index is 2.39. The molecule has 0 bridgehead atoms. The molecule has 4 heteroatoms. The van der Waals surface area contributed by atoms with Crippen LogP contribution in [-0.2, 0) is 17.8 Å². The minimum Gasteiger partial charge on any atom is -0.410 e. The summed E-state index contributed by atoms with van der Waals surface area (Å²) >= 11 is 5.63. The van der Waals surface area contributed by atoms with Gasteiger partial charge in [-0.05, 0) is 17.5 Å². The van der Waals surface area contributed by atoms with E-state index in [9.17, 15) is 0 Å². The zero-order valence-corrected chi connectivity index (χ0v) is 10.8. The summed E-state index contributed by atoms with van der Waals surface area (Å²) in [7, 11) is 0. The van der Waals surface area contributed by atoms with Crippen LogP contribution < -0.4 is 0 Å². The van der Waals surface area contributed by atoms with Crippen molar-refractivity contribution in [3.63, 3.8) is 0 Å². The lowest BCUT2D eigenvalue weighted by Gasteiger charge is -2.04. The summed E-state index contributed by atoms with van der Waals surface area (Å²) in [5.41, 5.74) is 2.16. The van der Waals surface area contributed by atoms with Gasteiger partial charge in [-0.2, -0.15) is 0 Å². The molecule has 0 unspecified atom stereocenters. The van der Waals surface area contributed by atoms with Crippen molar-refractivity contribution in [2.75, 3.05) is 6.61 Å². The highest BCUT2D eigenvalue weighted by atomic mass is 35.5. The van der Waals surface area contributed by atoms with Gasteiger partial charge in [-0.1, -0.05) is 54.4 Å². The summed E-state index contributed by atoms with van der Waals surface area (Å²) < 4.78 is 5.51. The Bertz CT molecular complexity index is 349. The van der Waals surface area contributed by atoms with E-state index in [1.54, 1.807) is 0 Å². The van der Waals surface area contributed by atoms with Crippen LogP contribution in [0.4, 0.5) is 0 Å². The van der Waals surface area contributed by atoms with Gasteiger partial charge in [0, 0.05) is 13.0 Å². The molecule has 0 heterocycles. The molecular formula is C13H18ClNO2. The van der Waals surface area contributed by atoms with E-state index in [4.69, 9.17) is 21.5 Å². The minimum absolute atomic E-state index is 0.192. The van der Waals surface area contributed by atoms with Gasteiger partial charge in [0.25, 0.3) is 0 Å². The van der Waals surface area contributed by atoms with E-state index in [2.05, 4.69) is 12.1 Å². The third-order valence-corrected chi connectivity index (χ3v) is 2.60. The Morgan fingerprint density at radius 3 is 2.53 bits per heavy atom. The highest BCUT2D eigenvalue weighted by Gasteiger charge is 1.99. The lowest BCUT2D eigenvalue weighted by molar-refractivity contribution is 0.118. The fraction of sp³-hybridized carbons (Fsp3) is 0.462. The van der Waals surface area contributed by atoms with Crippen LogP contribution in [0.3, 0.4) is 0 Å². The first-order valence-corrected chi connectivity index (χ1v) is 6.16. The van der Waals surface area contributed by atoms with Crippen LogP contribution >= 0.6 is 11.6 Å². The van der Waals surface area contributed by atoms with Crippen molar-refractivity contribution in [2.45, 2.75) is 32.8 Å². The molecule has 0 aliphatic rings. The standard InChI is InChI=1S/C13H18ClNO2/c1-2-3-8-17-10-12-6-4-11(5-7-12)9-13(14)15-16/h4-7,16H,2-3,8-10H2,1H3/b15-13-. The average molecular weight is 256 g/mol. The fourth-order valence-corrected chi connectivity index (χ4v) is 1.55. The van der Waals surface area contributed by atoms with Gasteiger partial charge >= 0.3 is 0 Å². The molecule has 0 radical (unpaired) electrons. The van der Waals surface area contributed by atoms with Crippen LogP contribution in [0.2, 0.25) is 0 Å². The van der Waals surface area contributed by atoms with Gasteiger partial charge in [0.1, 0.15) is 5.17 Å². The lowest BCUT2D eigenvalue weighted by Crippen LogP contribution is -1.97. The van der Waals surface area contributed by atoms with E-state index in [0.29, 0.717) is 13.0 Å². The number of oxime groups is 1. The largest absolute Gasteiger partial charge is 0.410 e. The molecule has 0 fully saturated rings. The fourth-order valence-electron chi connectivity index (χ4n) is 1.39. The van der Waals surface area contributed by atoms with Crippen molar-refractivity contribution in [1.82, 2.24) is 0 Å². The van der Waals surface area contributed by atoms with E-state index < -0.39 is 0 Å². The van der Waals surface area contributed by atoms with Crippen molar-refractivity contribution in [2.24, 2.45) is 5.16 Å². The number of ether oxygens (including phenoxy) is 1. The molecule has 1 aromatic carbocycles. The van der Waals surface area contributed by atoms with E-state index in [1.165, 1.54) is 0 Å². The maximum absolute atomic E-state index is 8.45. The van der Waals surface area contributed by atoms with Gasteiger partial charge in [0.2, 0.25) is 0 Å². The van der Waals surface area contributed by atoms with Crippen LogP contribution in [0.5, 0.6) is 0 Å². The molecular weight excluding hydrogens is 238 g/mol. The number of rotatable bonds is 7. The van der Waals surface area contributed by atoms with Crippen molar-refractivity contribution in [3.05, 3.63) is 35.4 Å². The second-order valence-corrected chi connectivity index (χ2v) is 4.31. The van der Waals surface area contributed by atoms with Gasteiger partial charge in [-0.15, -0.1) is 0 Å². The molecule has 1 aromatic rings. The molecule has 0 aromatic heterocycles. The van der Waals surface area contributed by atoms with E-state index >= 15 is 0 Å². The predicted octanol–water partition coefficient (Wildman–Crippen LogP) is 3.57. The quantitative estimate of drug-likeness (QED) is 0.350. The number of nitrogens with zero attached hydrogens (tertiary/aromatic N) is 1. The van der Waals surface area contributed by atoms with Gasteiger partial charge in [0.05, 0.1) is 6.61 Å². The Morgan fingerprint density at radius 1 is 1.29 bits per heavy atom. The Kier molecular flexibility index (Phi) is 6.67. The summed E-state index contributed by atoms with van der Waals surface area (Å²) in [4.78, 5) is 0. The molecule has 0 saturated heterocycles. The Hall–Kier alpha value is -1.06. The predicted molar refractivity (Wildman–Crippen MR) is 69.8 cm³/mol. The van der Waals surface area contributed by atoms with E-state index in [1.807, 2.05) is 24.3 Å². The van der Waals surface area contributed by atoms with Crippen molar-refractivity contribution < 1.29 is 9.94 Å². The van der Waals surface area contributed by atoms with E-state index in [0.717, 1.165) is 30.6 Å². The molecule has 3 nitrogen and oxygen atoms in total. The maximum Gasteiger partial charge on any atom is 0.149 e. The smallest absolute Gasteiger partial charge is 0.149 e. The van der Waals surface area contributed by atoms with Crippen LogP contribution in [0.25, 0.3) is 0 Å². The Labute approximate surface area is 107 Å². The molecule has 1 rings (SSSR count). The summed E-state index contributed by atoms with van der Waals surface area (Å²) in [6.45, 7) is 3.59. The normalized spacial score (nSPS) is 11.8. The third-order valence-electron chi connectivity index (χ3n) is 2.39. The second kappa shape index (κ2) is 8.09. The SMILES string of the molecule is CCCCOCc1ccc(C/C(Cl)=N/O)cc1. The number of hydrogen-bond donors (Lipinski definition) is 1. The van der Waals surface area contributed by atoms with Crippen molar-refractivity contribution in [1.29, 1.82) is 0 Å². The summed E-state index contributed by atoms with van der Waals surface area (Å²) in [5.74, 6) is 0. The van der Waals surface area contributed by atoms with Crippen LogP contribution in [0.1, 0.15) is 30.9 Å². The highest BCUT2D eigenvalue weighted by Crippen LogP contribution is 2.08. The average Bonchev–Trinajstić information content (AvgIpc) is 2.36. The Morgan fingerprint density at radius 2 is 1.94 bits per heavy atom. The molecule has 0 atom stereocenters. The molecule has 0 aliphatic carbocycles. The molecule has 1 N–H and O–H groups in total. The van der Waals surface area contributed by atoms with Crippen LogP contribution in [-0.4, -0.2) is 17.0 Å². The number of halogens is 1. The van der Waals surface area contributed by atoms with E-state index in [-0.39, 0.29) is 5.17 Å². The van der Waals surface area contributed by atoms with Gasteiger partial charge in [0.15, 0.2) is 0 Å². The third kappa shape index (κ3) is 5.71. The van der Waals surface area contributed by atoms with Gasteiger partial charge in [-0.25, -0.2) is 0 Å². The number of benzene rings is 1. The number of hydrogen-bond acceptors (Lipinski definition) is 3. The maximum atomic E-state index is 8.45. The molecule has 0 spiro atoms. The molecule has 0 saturated carbocycles. The highest BCUT2D eigenvalue weighted by molar-refractivity contribution is 6.65. The summed E-state index contributed by atoms with van der Waals surface area (Å²) in [6, 6.07) is 7.93. The molecule has 0 amide bonds. The number of unbranched alkanes of at least 4 members (excludes halogenated alkanes) is 1. The minimum atomic E-state index is 0.192. The van der Waals surface area contributed by atoms with Crippen molar-refractivity contribution in [3.8, 4) is 0 Å². The zero-order valence-electron chi connectivity index (χ0n) is 10.0. The summed E-state index contributed by atoms with van der Waals surface area (Å²) in [6.07, 6.45) is 2.70. The van der Waals surface area contributed by atoms with Gasteiger partial charge < -0.3 is 9.94 Å². The molecule has 94 valence electrons. The van der Waals surface area contributed by atoms with Gasteiger partial charge in [-0.3, -0.25) is 0 Å². The zero-order chi connectivity index (χ0) is 12.5. The summed E-state index contributed by atoms with van der Waals surface area (Å²) in [5, 5.41) is 11.6. The lowest BCUT2D eigenvalue weighted by atomic mass is 10.1. The van der Waals surface area contributed by atoms with Crippen LogP contribution in [0, 0.1) is 0 Å². The van der Waals surface area contributed by atoms with Crippen LogP contribution in [0.15, 0.2) is 29.4 Å². The first-order chi connectivity index (χ1) is 8.26. The second-order valence-electron chi connectivity index (χ2n) is 3.88.